The molecule has 2 unspecified atom stereocenters. The molecule has 0 aromatic heterocycles. The van der Waals surface area contributed by atoms with Crippen LogP contribution in [-0.2, 0) is 0 Å². The van der Waals surface area contributed by atoms with Crippen LogP contribution in [0.25, 0.3) is 0 Å². The number of rotatable bonds is 4. The third-order valence-corrected chi connectivity index (χ3v) is 3.83. The first-order valence-electron chi connectivity index (χ1n) is 5.95. The Bertz CT molecular complexity index is 317. The van der Waals surface area contributed by atoms with E-state index in [1.165, 1.54) is 31.4 Å². The van der Waals surface area contributed by atoms with Crippen molar-refractivity contribution in [2.75, 3.05) is 13.6 Å². The highest BCUT2D eigenvalue weighted by Crippen LogP contribution is 2.23. The maximum absolute atomic E-state index is 3.55. The van der Waals surface area contributed by atoms with Crippen molar-refractivity contribution in [2.45, 2.75) is 31.3 Å². The lowest BCUT2D eigenvalue weighted by Crippen LogP contribution is -2.28. The van der Waals surface area contributed by atoms with Gasteiger partial charge in [-0.15, -0.1) is 0 Å². The summed E-state index contributed by atoms with van der Waals surface area (Å²) in [5.74, 6) is 0. The standard InChI is InChI=1S/C13H19BrN2/c1-15-13(9-12-3-2-8-16-12)10-4-6-11(14)7-5-10/h4-7,12-13,15-16H,2-3,8-9H2,1H3. The highest BCUT2D eigenvalue weighted by atomic mass is 79.9. The molecule has 2 N–H and O–H groups in total. The van der Waals surface area contributed by atoms with Crippen LogP contribution >= 0.6 is 15.9 Å². The Morgan fingerprint density at radius 3 is 2.75 bits per heavy atom. The van der Waals surface area contributed by atoms with Gasteiger partial charge in [0.1, 0.15) is 0 Å². The van der Waals surface area contributed by atoms with Crippen molar-refractivity contribution in [3.8, 4) is 0 Å². The van der Waals surface area contributed by atoms with Crippen LogP contribution in [0.1, 0.15) is 30.9 Å². The molecule has 16 heavy (non-hydrogen) atoms. The number of nitrogens with one attached hydrogen (secondary N) is 2. The summed E-state index contributed by atoms with van der Waals surface area (Å²) in [6.07, 6.45) is 3.81. The second kappa shape index (κ2) is 5.80. The van der Waals surface area contributed by atoms with Crippen molar-refractivity contribution < 1.29 is 0 Å². The average molecular weight is 283 g/mol. The Morgan fingerprint density at radius 2 is 2.19 bits per heavy atom. The fraction of sp³-hybridized carbons (Fsp3) is 0.538. The van der Waals surface area contributed by atoms with Crippen molar-refractivity contribution in [1.29, 1.82) is 0 Å². The van der Waals surface area contributed by atoms with E-state index in [1.807, 2.05) is 7.05 Å². The molecule has 2 nitrogen and oxygen atoms in total. The molecule has 2 rings (SSSR count). The topological polar surface area (TPSA) is 24.1 Å². The van der Waals surface area contributed by atoms with Crippen LogP contribution in [0.15, 0.2) is 28.7 Å². The predicted octanol–water partition coefficient (Wildman–Crippen LogP) is 2.85. The van der Waals surface area contributed by atoms with Gasteiger partial charge >= 0.3 is 0 Å². The molecule has 0 saturated carbocycles. The van der Waals surface area contributed by atoms with Crippen molar-refractivity contribution >= 4 is 15.9 Å². The minimum atomic E-state index is 0.462. The number of halogens is 1. The summed E-state index contributed by atoms with van der Waals surface area (Å²) in [6, 6.07) is 9.76. The fourth-order valence-electron chi connectivity index (χ4n) is 2.36. The van der Waals surface area contributed by atoms with Gasteiger partial charge in [-0.05, 0) is 50.6 Å². The Morgan fingerprint density at radius 1 is 1.44 bits per heavy atom. The normalized spacial score (nSPS) is 22.2. The van der Waals surface area contributed by atoms with Gasteiger partial charge in [0.25, 0.3) is 0 Å². The van der Waals surface area contributed by atoms with Crippen LogP contribution in [0.2, 0.25) is 0 Å². The molecular formula is C13H19BrN2. The lowest BCUT2D eigenvalue weighted by atomic mass is 9.99. The molecule has 0 amide bonds. The molecule has 3 heteroatoms. The Labute approximate surface area is 106 Å². The van der Waals surface area contributed by atoms with E-state index < -0.39 is 0 Å². The summed E-state index contributed by atoms with van der Waals surface area (Å²) in [6.45, 7) is 1.18. The fourth-order valence-corrected chi connectivity index (χ4v) is 2.62. The molecular weight excluding hydrogens is 264 g/mol. The molecule has 1 aliphatic rings. The molecule has 1 heterocycles. The summed E-state index contributed by atoms with van der Waals surface area (Å²) < 4.78 is 1.14. The van der Waals surface area contributed by atoms with Gasteiger partial charge in [0.2, 0.25) is 0 Å². The molecule has 0 aliphatic carbocycles. The van der Waals surface area contributed by atoms with Crippen molar-refractivity contribution in [2.24, 2.45) is 0 Å². The molecule has 0 spiro atoms. The highest BCUT2D eigenvalue weighted by molar-refractivity contribution is 9.10. The first-order chi connectivity index (χ1) is 7.79. The molecule has 1 aromatic carbocycles. The van der Waals surface area contributed by atoms with Crippen LogP contribution in [0.4, 0.5) is 0 Å². The monoisotopic (exact) mass is 282 g/mol. The van der Waals surface area contributed by atoms with Gasteiger partial charge in [-0.3, -0.25) is 0 Å². The summed E-state index contributed by atoms with van der Waals surface area (Å²) in [5, 5.41) is 6.96. The Hall–Kier alpha value is -0.380. The Kier molecular flexibility index (Phi) is 4.38. The van der Waals surface area contributed by atoms with Gasteiger partial charge in [-0.2, -0.15) is 0 Å². The second-order valence-corrected chi connectivity index (χ2v) is 5.34. The number of hydrogen-bond acceptors (Lipinski definition) is 2. The molecule has 1 saturated heterocycles. The van der Waals surface area contributed by atoms with Crippen LogP contribution in [0.5, 0.6) is 0 Å². The smallest absolute Gasteiger partial charge is 0.0332 e. The molecule has 2 atom stereocenters. The van der Waals surface area contributed by atoms with Gasteiger partial charge in [0.15, 0.2) is 0 Å². The Balaban J connectivity index is 2.00. The maximum Gasteiger partial charge on any atom is 0.0332 e. The molecule has 0 radical (unpaired) electrons. The first-order valence-corrected chi connectivity index (χ1v) is 6.75. The van der Waals surface area contributed by atoms with E-state index in [9.17, 15) is 0 Å². The van der Waals surface area contributed by atoms with E-state index >= 15 is 0 Å². The predicted molar refractivity (Wildman–Crippen MR) is 71.6 cm³/mol. The van der Waals surface area contributed by atoms with E-state index in [2.05, 4.69) is 50.8 Å². The minimum Gasteiger partial charge on any atom is -0.314 e. The third-order valence-electron chi connectivity index (χ3n) is 3.30. The molecule has 88 valence electrons. The number of hydrogen-bond donors (Lipinski definition) is 2. The molecule has 1 aromatic rings. The zero-order valence-corrected chi connectivity index (χ0v) is 11.3. The van der Waals surface area contributed by atoms with E-state index in [1.54, 1.807) is 0 Å². The molecule has 1 aliphatic heterocycles. The largest absolute Gasteiger partial charge is 0.314 e. The zero-order valence-electron chi connectivity index (χ0n) is 9.67. The van der Waals surface area contributed by atoms with Crippen LogP contribution in [0, 0.1) is 0 Å². The molecule has 1 fully saturated rings. The van der Waals surface area contributed by atoms with E-state index in [0.717, 1.165) is 4.47 Å². The second-order valence-electron chi connectivity index (χ2n) is 4.42. The lowest BCUT2D eigenvalue weighted by molar-refractivity contribution is 0.453. The van der Waals surface area contributed by atoms with Gasteiger partial charge in [0.05, 0.1) is 0 Å². The third kappa shape index (κ3) is 3.06. The maximum atomic E-state index is 3.55. The van der Waals surface area contributed by atoms with Crippen LogP contribution in [0.3, 0.4) is 0 Å². The van der Waals surface area contributed by atoms with Crippen LogP contribution in [-0.4, -0.2) is 19.6 Å². The van der Waals surface area contributed by atoms with Gasteiger partial charge in [-0.1, -0.05) is 28.1 Å². The minimum absolute atomic E-state index is 0.462. The number of benzene rings is 1. The molecule has 0 bridgehead atoms. The van der Waals surface area contributed by atoms with E-state index in [0.29, 0.717) is 12.1 Å². The SMILES string of the molecule is CNC(CC1CCCN1)c1ccc(Br)cc1. The van der Waals surface area contributed by atoms with Gasteiger partial charge in [0, 0.05) is 16.6 Å². The quantitative estimate of drug-likeness (QED) is 0.888. The lowest BCUT2D eigenvalue weighted by Gasteiger charge is -2.20. The zero-order chi connectivity index (χ0) is 11.4. The first kappa shape index (κ1) is 12.1. The summed E-state index contributed by atoms with van der Waals surface area (Å²) in [4.78, 5) is 0. The van der Waals surface area contributed by atoms with E-state index in [-0.39, 0.29) is 0 Å². The average Bonchev–Trinajstić information content (AvgIpc) is 2.80. The van der Waals surface area contributed by atoms with Crippen molar-refractivity contribution in [3.63, 3.8) is 0 Å². The highest BCUT2D eigenvalue weighted by Gasteiger charge is 2.19. The summed E-state index contributed by atoms with van der Waals surface area (Å²) in [7, 11) is 2.04. The van der Waals surface area contributed by atoms with Crippen molar-refractivity contribution in [3.05, 3.63) is 34.3 Å². The summed E-state index contributed by atoms with van der Waals surface area (Å²) in [5.41, 5.74) is 1.37. The van der Waals surface area contributed by atoms with E-state index in [4.69, 9.17) is 0 Å². The van der Waals surface area contributed by atoms with Crippen molar-refractivity contribution in [1.82, 2.24) is 10.6 Å². The van der Waals surface area contributed by atoms with Gasteiger partial charge < -0.3 is 10.6 Å². The van der Waals surface area contributed by atoms with Gasteiger partial charge in [-0.25, -0.2) is 0 Å². The van der Waals surface area contributed by atoms with Crippen LogP contribution < -0.4 is 10.6 Å². The summed E-state index contributed by atoms with van der Waals surface area (Å²) >= 11 is 3.47.